The fourth-order valence-electron chi connectivity index (χ4n) is 2.94. The van der Waals surface area contributed by atoms with E-state index in [4.69, 9.17) is 11.6 Å². The summed E-state index contributed by atoms with van der Waals surface area (Å²) in [5, 5.41) is 12.1. The molecule has 7 heteroatoms. The van der Waals surface area contributed by atoms with E-state index < -0.39 is 17.9 Å². The lowest BCUT2D eigenvalue weighted by atomic mass is 9.97. The Balaban J connectivity index is 1.90. The van der Waals surface area contributed by atoms with Gasteiger partial charge in [0.25, 0.3) is 5.91 Å². The van der Waals surface area contributed by atoms with E-state index in [0.29, 0.717) is 11.6 Å². The van der Waals surface area contributed by atoms with Crippen LogP contribution in [-0.4, -0.2) is 26.4 Å². The molecule has 0 saturated carbocycles. The maximum atomic E-state index is 12.8. The number of aliphatic carboxylic acids is 1. The smallest absolute Gasteiger partial charge is 0.305 e. The zero-order chi connectivity index (χ0) is 19.6. The predicted octanol–water partition coefficient (Wildman–Crippen LogP) is 4.06. The number of pyridine rings is 1. The van der Waals surface area contributed by atoms with Gasteiger partial charge in [-0.05, 0) is 29.2 Å². The number of rotatable bonds is 6. The molecule has 2 heterocycles. The average Bonchev–Trinajstić information content (AvgIpc) is 2.96. The van der Waals surface area contributed by atoms with Crippen LogP contribution in [0.4, 0.5) is 0 Å². The monoisotopic (exact) mass is 385 g/mol. The number of aromatic nitrogens is 2. The molecule has 0 aliphatic rings. The second-order valence-corrected chi connectivity index (χ2v) is 6.98. The second-order valence-electron chi connectivity index (χ2n) is 6.63. The molecule has 27 heavy (non-hydrogen) atoms. The number of amides is 1. The molecule has 140 valence electrons. The van der Waals surface area contributed by atoms with Crippen LogP contribution in [-0.2, 0) is 4.79 Å². The van der Waals surface area contributed by atoms with E-state index in [1.54, 1.807) is 28.8 Å². The van der Waals surface area contributed by atoms with E-state index in [2.05, 4.69) is 24.1 Å². The molecule has 0 aliphatic carbocycles. The number of benzene rings is 1. The third-order valence-electron chi connectivity index (χ3n) is 4.39. The van der Waals surface area contributed by atoms with Crippen LogP contribution in [0.3, 0.4) is 0 Å². The van der Waals surface area contributed by atoms with Crippen molar-refractivity contribution in [3.63, 3.8) is 0 Å². The average molecular weight is 386 g/mol. The molecular weight excluding hydrogens is 366 g/mol. The summed E-state index contributed by atoms with van der Waals surface area (Å²) >= 11 is 6.14. The highest BCUT2D eigenvalue weighted by Gasteiger charge is 2.23. The van der Waals surface area contributed by atoms with E-state index in [1.807, 2.05) is 24.3 Å². The first-order chi connectivity index (χ1) is 12.9. The van der Waals surface area contributed by atoms with Gasteiger partial charge in [0.1, 0.15) is 5.65 Å². The number of imidazole rings is 1. The highest BCUT2D eigenvalue weighted by molar-refractivity contribution is 6.32. The Labute approximate surface area is 161 Å². The molecule has 6 nitrogen and oxygen atoms in total. The minimum Gasteiger partial charge on any atom is -0.481 e. The van der Waals surface area contributed by atoms with Crippen LogP contribution < -0.4 is 5.32 Å². The lowest BCUT2D eigenvalue weighted by molar-refractivity contribution is -0.137. The standard InChI is InChI=1S/C20H20ClN3O3/c1-12(2)13-6-8-14(9-7-13)15(11-17(25)26)22-20(27)18-19(21)23-16-5-3-4-10-24(16)18/h3-10,12,15H,11H2,1-2H3,(H,22,27)(H,25,26). The van der Waals surface area contributed by atoms with Crippen molar-refractivity contribution in [1.82, 2.24) is 14.7 Å². The van der Waals surface area contributed by atoms with Gasteiger partial charge in [0, 0.05) is 6.20 Å². The second kappa shape index (κ2) is 7.80. The Hall–Kier alpha value is -2.86. The van der Waals surface area contributed by atoms with Crippen molar-refractivity contribution >= 4 is 29.1 Å². The first kappa shape index (κ1) is 18.9. The summed E-state index contributed by atoms with van der Waals surface area (Å²) in [4.78, 5) is 28.3. The number of halogens is 1. The largest absolute Gasteiger partial charge is 0.481 e. The highest BCUT2D eigenvalue weighted by atomic mass is 35.5. The number of fused-ring (bicyclic) bond motifs is 1. The van der Waals surface area contributed by atoms with Crippen molar-refractivity contribution in [3.05, 3.63) is 70.6 Å². The van der Waals surface area contributed by atoms with Crippen molar-refractivity contribution in [1.29, 1.82) is 0 Å². The Morgan fingerprint density at radius 2 is 1.81 bits per heavy atom. The van der Waals surface area contributed by atoms with Gasteiger partial charge >= 0.3 is 5.97 Å². The maximum Gasteiger partial charge on any atom is 0.305 e. The zero-order valence-corrected chi connectivity index (χ0v) is 15.8. The molecule has 0 radical (unpaired) electrons. The van der Waals surface area contributed by atoms with Crippen molar-refractivity contribution in [3.8, 4) is 0 Å². The minimum absolute atomic E-state index is 0.0722. The Morgan fingerprint density at radius 3 is 2.44 bits per heavy atom. The van der Waals surface area contributed by atoms with Gasteiger partial charge in [-0.25, -0.2) is 4.98 Å². The molecule has 2 N–H and O–H groups in total. The van der Waals surface area contributed by atoms with Gasteiger partial charge in [-0.15, -0.1) is 0 Å². The molecule has 2 aromatic heterocycles. The third-order valence-corrected chi connectivity index (χ3v) is 4.66. The highest BCUT2D eigenvalue weighted by Crippen LogP contribution is 2.23. The van der Waals surface area contributed by atoms with Crippen LogP contribution in [0.1, 0.15) is 53.8 Å². The molecule has 0 spiro atoms. The molecule has 0 aliphatic heterocycles. The summed E-state index contributed by atoms with van der Waals surface area (Å²) in [6.07, 6.45) is 1.45. The van der Waals surface area contributed by atoms with Crippen LogP contribution in [0, 0.1) is 0 Å². The number of nitrogens with zero attached hydrogens (tertiary/aromatic N) is 2. The van der Waals surface area contributed by atoms with Gasteiger partial charge < -0.3 is 10.4 Å². The van der Waals surface area contributed by atoms with Crippen molar-refractivity contribution in [2.24, 2.45) is 0 Å². The SMILES string of the molecule is CC(C)c1ccc(C(CC(=O)O)NC(=O)c2c(Cl)nc3ccccn23)cc1. The molecule has 3 aromatic rings. The van der Waals surface area contributed by atoms with Gasteiger partial charge in [0.2, 0.25) is 0 Å². The summed E-state index contributed by atoms with van der Waals surface area (Å²) in [7, 11) is 0. The first-order valence-electron chi connectivity index (χ1n) is 8.62. The molecular formula is C20H20ClN3O3. The molecule has 1 aromatic carbocycles. The summed E-state index contributed by atoms with van der Waals surface area (Å²) < 4.78 is 1.58. The Kier molecular flexibility index (Phi) is 5.46. The Morgan fingerprint density at radius 1 is 1.15 bits per heavy atom. The van der Waals surface area contributed by atoms with E-state index in [-0.39, 0.29) is 17.3 Å². The van der Waals surface area contributed by atoms with Crippen molar-refractivity contribution in [2.75, 3.05) is 0 Å². The molecule has 1 amide bonds. The Bertz CT molecular complexity index is 980. The van der Waals surface area contributed by atoms with E-state index in [1.165, 1.54) is 0 Å². The fraction of sp³-hybridized carbons (Fsp3) is 0.250. The van der Waals surface area contributed by atoms with Gasteiger partial charge in [-0.3, -0.25) is 14.0 Å². The molecule has 3 rings (SSSR count). The molecule has 0 saturated heterocycles. The quantitative estimate of drug-likeness (QED) is 0.670. The third kappa shape index (κ3) is 4.11. The van der Waals surface area contributed by atoms with E-state index >= 15 is 0 Å². The number of carbonyl (C=O) groups is 2. The van der Waals surface area contributed by atoms with Gasteiger partial charge in [-0.2, -0.15) is 0 Å². The van der Waals surface area contributed by atoms with Crippen LogP contribution in [0.5, 0.6) is 0 Å². The van der Waals surface area contributed by atoms with Gasteiger partial charge in [0.05, 0.1) is 12.5 Å². The first-order valence-corrected chi connectivity index (χ1v) is 8.99. The number of carbonyl (C=O) groups excluding carboxylic acids is 1. The number of hydrogen-bond donors (Lipinski definition) is 2. The van der Waals surface area contributed by atoms with E-state index in [9.17, 15) is 14.7 Å². The number of hydrogen-bond acceptors (Lipinski definition) is 3. The van der Waals surface area contributed by atoms with E-state index in [0.717, 1.165) is 11.1 Å². The topological polar surface area (TPSA) is 83.7 Å². The normalized spacial score (nSPS) is 12.3. The summed E-state index contributed by atoms with van der Waals surface area (Å²) in [5.74, 6) is -1.11. The van der Waals surface area contributed by atoms with Gasteiger partial charge in [0.15, 0.2) is 10.8 Å². The summed E-state index contributed by atoms with van der Waals surface area (Å²) in [6, 6.07) is 12.2. The molecule has 0 bridgehead atoms. The van der Waals surface area contributed by atoms with Crippen LogP contribution >= 0.6 is 11.6 Å². The number of carboxylic acids is 1. The van der Waals surface area contributed by atoms with Gasteiger partial charge in [-0.1, -0.05) is 55.8 Å². The molecule has 0 fully saturated rings. The summed E-state index contributed by atoms with van der Waals surface area (Å²) in [6.45, 7) is 4.16. The maximum absolute atomic E-state index is 12.8. The fourth-order valence-corrected chi connectivity index (χ4v) is 3.20. The van der Waals surface area contributed by atoms with Crippen LogP contribution in [0.25, 0.3) is 5.65 Å². The molecule has 1 atom stereocenters. The lowest BCUT2D eigenvalue weighted by Crippen LogP contribution is -2.31. The minimum atomic E-state index is -1.00. The molecule has 1 unspecified atom stereocenters. The van der Waals surface area contributed by atoms with Crippen LogP contribution in [0.2, 0.25) is 5.15 Å². The number of nitrogens with one attached hydrogen (secondary N) is 1. The zero-order valence-electron chi connectivity index (χ0n) is 15.0. The lowest BCUT2D eigenvalue weighted by Gasteiger charge is -2.18. The predicted molar refractivity (Wildman–Crippen MR) is 103 cm³/mol. The number of carboxylic acid groups (broad SMARTS) is 1. The van der Waals surface area contributed by atoms with Crippen molar-refractivity contribution in [2.45, 2.75) is 32.2 Å². The van der Waals surface area contributed by atoms with Crippen molar-refractivity contribution < 1.29 is 14.7 Å². The van der Waals surface area contributed by atoms with Crippen LogP contribution in [0.15, 0.2) is 48.7 Å². The summed E-state index contributed by atoms with van der Waals surface area (Å²) in [5.41, 5.74) is 2.59.